The van der Waals surface area contributed by atoms with Crippen LogP contribution >= 0.6 is 23.5 Å². The predicted molar refractivity (Wildman–Crippen MR) is 107 cm³/mol. The Morgan fingerprint density at radius 2 is 1.85 bits per heavy atom. The molecule has 2 aromatic rings. The largest absolute Gasteiger partial charge is 0.366 e. The summed E-state index contributed by atoms with van der Waals surface area (Å²) >= 11 is 2.78. The minimum atomic E-state index is -0.735. The predicted octanol–water partition coefficient (Wildman–Crippen LogP) is 3.08. The van der Waals surface area contributed by atoms with Gasteiger partial charge in [-0.3, -0.25) is 19.7 Å². The average Bonchev–Trinajstić information content (AvgIpc) is 2.66. The molecule has 0 saturated carbocycles. The molecule has 27 heavy (non-hydrogen) atoms. The number of hydrogen-bond donors (Lipinski definition) is 2. The molecule has 2 aromatic carbocycles. The first-order valence-corrected chi connectivity index (χ1v) is 10.1. The summed E-state index contributed by atoms with van der Waals surface area (Å²) in [6, 6.07) is 14.0. The van der Waals surface area contributed by atoms with Crippen LogP contribution in [0.5, 0.6) is 0 Å². The van der Waals surface area contributed by atoms with Gasteiger partial charge in [-0.15, -0.1) is 23.5 Å². The lowest BCUT2D eigenvalue weighted by Gasteiger charge is -2.06. The summed E-state index contributed by atoms with van der Waals surface area (Å²) < 4.78 is 0. The molecule has 0 aliphatic heterocycles. The van der Waals surface area contributed by atoms with E-state index < -0.39 is 10.8 Å². The third-order valence-electron chi connectivity index (χ3n) is 3.45. The second-order valence-electron chi connectivity index (χ2n) is 5.46. The molecule has 0 aliphatic carbocycles. The first kappa shape index (κ1) is 20.8. The third-order valence-corrected chi connectivity index (χ3v) is 5.62. The quantitative estimate of drug-likeness (QED) is 0.272. The van der Waals surface area contributed by atoms with Crippen molar-refractivity contribution in [2.75, 3.05) is 18.1 Å². The van der Waals surface area contributed by atoms with E-state index in [0.29, 0.717) is 11.4 Å². The highest BCUT2D eigenvalue weighted by Gasteiger charge is 2.17. The van der Waals surface area contributed by atoms with E-state index in [-0.39, 0.29) is 22.9 Å². The van der Waals surface area contributed by atoms with Crippen LogP contribution in [0.1, 0.15) is 16.8 Å². The molecule has 0 spiro atoms. The van der Waals surface area contributed by atoms with Crippen molar-refractivity contribution < 1.29 is 14.5 Å². The third kappa shape index (κ3) is 6.95. The molecular formula is C18H19N3O4S2. The summed E-state index contributed by atoms with van der Waals surface area (Å²) in [6.07, 6.45) is 0.823. The van der Waals surface area contributed by atoms with Gasteiger partial charge >= 0.3 is 0 Å². The van der Waals surface area contributed by atoms with Crippen LogP contribution in [0.25, 0.3) is 0 Å². The van der Waals surface area contributed by atoms with E-state index in [0.717, 1.165) is 30.0 Å². The van der Waals surface area contributed by atoms with Crippen molar-refractivity contribution in [1.29, 1.82) is 0 Å². The van der Waals surface area contributed by atoms with Crippen molar-refractivity contribution >= 4 is 41.0 Å². The Balaban J connectivity index is 1.75. The summed E-state index contributed by atoms with van der Waals surface area (Å²) in [5, 5.41) is 13.9. The zero-order valence-corrected chi connectivity index (χ0v) is 16.1. The van der Waals surface area contributed by atoms with E-state index >= 15 is 0 Å². The number of benzene rings is 2. The van der Waals surface area contributed by atoms with Gasteiger partial charge in [-0.1, -0.05) is 18.2 Å². The molecule has 3 N–H and O–H groups in total. The van der Waals surface area contributed by atoms with Crippen LogP contribution in [0.15, 0.2) is 58.3 Å². The number of nitro benzene ring substituents is 1. The van der Waals surface area contributed by atoms with Crippen LogP contribution in [0.4, 0.5) is 5.69 Å². The monoisotopic (exact) mass is 405 g/mol. The number of nitrogens with zero attached hydrogens (tertiary/aromatic N) is 1. The molecule has 2 rings (SSSR count). The van der Waals surface area contributed by atoms with Crippen molar-refractivity contribution in [1.82, 2.24) is 5.32 Å². The molecule has 2 amide bonds. The minimum Gasteiger partial charge on any atom is -0.366 e. The maximum absolute atomic E-state index is 11.9. The summed E-state index contributed by atoms with van der Waals surface area (Å²) in [7, 11) is 0. The van der Waals surface area contributed by atoms with Crippen LogP contribution in [-0.4, -0.2) is 34.8 Å². The van der Waals surface area contributed by atoms with Crippen molar-refractivity contribution in [3.05, 3.63) is 64.2 Å². The van der Waals surface area contributed by atoms with Crippen molar-refractivity contribution in [3.63, 3.8) is 0 Å². The Hall–Kier alpha value is -2.52. The number of nitro groups is 1. The number of nitrogens with one attached hydrogen (secondary N) is 1. The zero-order valence-electron chi connectivity index (χ0n) is 14.4. The second kappa shape index (κ2) is 10.6. The van der Waals surface area contributed by atoms with Gasteiger partial charge in [-0.05, 0) is 36.4 Å². The van der Waals surface area contributed by atoms with Crippen LogP contribution in [0.2, 0.25) is 0 Å². The number of primary amides is 1. The molecule has 0 heterocycles. The second-order valence-corrected chi connectivity index (χ2v) is 7.64. The van der Waals surface area contributed by atoms with Crippen molar-refractivity contribution in [3.8, 4) is 0 Å². The smallest absolute Gasteiger partial charge is 0.283 e. The number of carbonyl (C=O) groups is 2. The highest BCUT2D eigenvalue weighted by molar-refractivity contribution is 8.00. The fourth-order valence-electron chi connectivity index (χ4n) is 2.14. The number of carbonyl (C=O) groups excluding carboxylic acids is 2. The maximum atomic E-state index is 11.9. The van der Waals surface area contributed by atoms with Crippen LogP contribution in [0.3, 0.4) is 0 Å². The van der Waals surface area contributed by atoms with Gasteiger partial charge in [0.15, 0.2) is 0 Å². The number of amides is 2. The van der Waals surface area contributed by atoms with Gasteiger partial charge < -0.3 is 11.1 Å². The van der Waals surface area contributed by atoms with Gasteiger partial charge in [0.05, 0.1) is 15.6 Å². The molecule has 9 heteroatoms. The lowest BCUT2D eigenvalue weighted by Crippen LogP contribution is -2.26. The number of nitrogens with two attached hydrogens (primary N) is 1. The fraction of sp³-hybridized carbons (Fsp3) is 0.222. The molecule has 0 saturated heterocycles. The minimum absolute atomic E-state index is 0.0581. The first-order valence-electron chi connectivity index (χ1n) is 8.13. The average molecular weight is 406 g/mol. The Kier molecular flexibility index (Phi) is 8.15. The van der Waals surface area contributed by atoms with Gasteiger partial charge in [-0.25, -0.2) is 0 Å². The topological polar surface area (TPSA) is 115 Å². The molecule has 142 valence electrons. The first-order chi connectivity index (χ1) is 13.0. The Morgan fingerprint density at radius 3 is 2.52 bits per heavy atom. The molecule has 0 fully saturated rings. The molecule has 0 bridgehead atoms. The van der Waals surface area contributed by atoms with Gasteiger partial charge in [0.2, 0.25) is 11.8 Å². The fourth-order valence-corrected chi connectivity index (χ4v) is 3.84. The SMILES string of the molecule is NC(=O)c1ccc(SCC(=O)NCCCSc2ccccc2)c([N+](=O)[O-])c1. The van der Waals surface area contributed by atoms with E-state index in [1.54, 1.807) is 11.8 Å². The van der Waals surface area contributed by atoms with Gasteiger partial charge in [-0.2, -0.15) is 0 Å². The van der Waals surface area contributed by atoms with Crippen LogP contribution in [-0.2, 0) is 4.79 Å². The highest BCUT2D eigenvalue weighted by atomic mass is 32.2. The summed E-state index contributed by atoms with van der Waals surface area (Å²) in [6.45, 7) is 0.544. The van der Waals surface area contributed by atoms with Crippen molar-refractivity contribution in [2.24, 2.45) is 5.73 Å². The number of thioether (sulfide) groups is 2. The van der Waals surface area contributed by atoms with Gasteiger partial charge in [0.25, 0.3) is 5.69 Å². The summed E-state index contributed by atoms with van der Waals surface area (Å²) in [5.41, 5.74) is 4.97. The molecule has 0 unspecified atom stereocenters. The molecule has 0 radical (unpaired) electrons. The van der Waals surface area contributed by atoms with E-state index in [2.05, 4.69) is 5.32 Å². The number of hydrogen-bond acceptors (Lipinski definition) is 6. The summed E-state index contributed by atoms with van der Waals surface area (Å²) in [5.74, 6) is 0.0128. The number of rotatable bonds is 10. The molecule has 0 aromatic heterocycles. The van der Waals surface area contributed by atoms with Crippen LogP contribution in [0, 0.1) is 10.1 Å². The molecule has 7 nitrogen and oxygen atoms in total. The molecule has 0 aliphatic rings. The Bertz CT molecular complexity index is 816. The van der Waals surface area contributed by atoms with E-state index in [9.17, 15) is 19.7 Å². The zero-order chi connectivity index (χ0) is 19.6. The Morgan fingerprint density at radius 1 is 1.11 bits per heavy atom. The van der Waals surface area contributed by atoms with E-state index in [1.807, 2.05) is 30.3 Å². The lowest BCUT2D eigenvalue weighted by atomic mass is 10.2. The lowest BCUT2D eigenvalue weighted by molar-refractivity contribution is -0.387. The van der Waals surface area contributed by atoms with Crippen molar-refractivity contribution in [2.45, 2.75) is 16.2 Å². The summed E-state index contributed by atoms with van der Waals surface area (Å²) in [4.78, 5) is 35.1. The van der Waals surface area contributed by atoms with Gasteiger partial charge in [0, 0.05) is 23.1 Å². The van der Waals surface area contributed by atoms with Gasteiger partial charge in [0.1, 0.15) is 0 Å². The Labute approximate surface area is 165 Å². The molecule has 0 atom stereocenters. The maximum Gasteiger partial charge on any atom is 0.283 e. The molecular weight excluding hydrogens is 386 g/mol. The van der Waals surface area contributed by atoms with E-state index in [1.165, 1.54) is 17.0 Å². The van der Waals surface area contributed by atoms with E-state index in [4.69, 9.17) is 5.73 Å². The highest BCUT2D eigenvalue weighted by Crippen LogP contribution is 2.29. The van der Waals surface area contributed by atoms with Crippen LogP contribution < -0.4 is 11.1 Å². The standard InChI is InChI=1S/C18H19N3O4S2/c19-18(23)13-7-8-16(15(11-13)21(24)25)27-12-17(22)20-9-4-10-26-14-5-2-1-3-6-14/h1-3,5-8,11H,4,9-10,12H2,(H2,19,23)(H,20,22). The normalized spacial score (nSPS) is 10.4.